The summed E-state index contributed by atoms with van der Waals surface area (Å²) in [7, 11) is -2.90. The Labute approximate surface area is 124 Å². The van der Waals surface area contributed by atoms with E-state index in [0.29, 0.717) is 6.42 Å². The third-order valence-electron chi connectivity index (χ3n) is 2.92. The quantitative estimate of drug-likeness (QED) is 0.818. The van der Waals surface area contributed by atoms with E-state index in [1.54, 1.807) is 13.8 Å². The van der Waals surface area contributed by atoms with Gasteiger partial charge < -0.3 is 4.74 Å². The van der Waals surface area contributed by atoms with Crippen molar-refractivity contribution in [2.45, 2.75) is 44.0 Å². The second kappa shape index (κ2) is 6.53. The maximum Gasteiger partial charge on any atom is 0.339 e. The van der Waals surface area contributed by atoms with E-state index >= 15 is 0 Å². The van der Waals surface area contributed by atoms with Crippen LogP contribution in [0.2, 0.25) is 0 Å². The maximum atomic E-state index is 13.4. The van der Waals surface area contributed by atoms with Crippen molar-refractivity contribution in [2.75, 3.05) is 7.11 Å². The lowest BCUT2D eigenvalue weighted by atomic mass is 10.0. The van der Waals surface area contributed by atoms with Crippen LogP contribution in [0.5, 0.6) is 0 Å². The largest absolute Gasteiger partial charge is 0.465 e. The molecular formula is C14H20FNO4S. The van der Waals surface area contributed by atoms with Crippen LogP contribution in [0.25, 0.3) is 0 Å². The predicted octanol–water partition coefficient (Wildman–Crippen LogP) is 2.47. The molecule has 0 aliphatic rings. The first-order valence-corrected chi connectivity index (χ1v) is 8.03. The van der Waals surface area contributed by atoms with Crippen LogP contribution in [0.3, 0.4) is 0 Å². The van der Waals surface area contributed by atoms with E-state index in [2.05, 4.69) is 9.46 Å². The summed E-state index contributed by atoms with van der Waals surface area (Å²) in [5.74, 6) is -1.57. The number of nitrogens with one attached hydrogen (secondary N) is 1. The summed E-state index contributed by atoms with van der Waals surface area (Å²) in [6.07, 6.45) is 1.39. The van der Waals surface area contributed by atoms with Gasteiger partial charge in [-0.25, -0.2) is 22.3 Å². The standard InChI is InChI=1S/C14H20FNO4S/c1-5-8-14(2,3)16-21(18,19)12-9-10(15)6-7-11(12)13(17)20-4/h6-7,9,16H,5,8H2,1-4H3. The topological polar surface area (TPSA) is 72.5 Å². The van der Waals surface area contributed by atoms with Gasteiger partial charge >= 0.3 is 5.97 Å². The van der Waals surface area contributed by atoms with Gasteiger partial charge in [-0.3, -0.25) is 0 Å². The van der Waals surface area contributed by atoms with Crippen molar-refractivity contribution in [3.8, 4) is 0 Å². The highest BCUT2D eigenvalue weighted by Crippen LogP contribution is 2.22. The van der Waals surface area contributed by atoms with Crippen molar-refractivity contribution in [3.63, 3.8) is 0 Å². The van der Waals surface area contributed by atoms with Crippen molar-refractivity contribution >= 4 is 16.0 Å². The molecule has 0 saturated carbocycles. The van der Waals surface area contributed by atoms with E-state index in [1.807, 2.05) is 6.92 Å². The smallest absolute Gasteiger partial charge is 0.339 e. The minimum absolute atomic E-state index is 0.196. The Morgan fingerprint density at radius 1 is 1.38 bits per heavy atom. The average Bonchev–Trinajstić information content (AvgIpc) is 2.36. The molecule has 0 aliphatic heterocycles. The molecule has 0 saturated heterocycles. The number of hydrogen-bond donors (Lipinski definition) is 1. The molecule has 0 unspecified atom stereocenters. The van der Waals surface area contributed by atoms with Crippen LogP contribution < -0.4 is 4.72 Å². The molecular weight excluding hydrogens is 297 g/mol. The second-order valence-corrected chi connectivity index (χ2v) is 7.02. The van der Waals surface area contributed by atoms with E-state index in [9.17, 15) is 17.6 Å². The van der Waals surface area contributed by atoms with Crippen molar-refractivity contribution < 1.29 is 22.3 Å². The molecule has 0 bridgehead atoms. The fourth-order valence-corrected chi connectivity index (χ4v) is 3.74. The van der Waals surface area contributed by atoms with Crippen LogP contribution in [0.15, 0.2) is 23.1 Å². The van der Waals surface area contributed by atoms with Crippen molar-refractivity contribution in [1.82, 2.24) is 4.72 Å². The number of benzene rings is 1. The normalized spacial score (nSPS) is 12.2. The van der Waals surface area contributed by atoms with Gasteiger partial charge in [0, 0.05) is 5.54 Å². The van der Waals surface area contributed by atoms with Crippen LogP contribution in [0, 0.1) is 5.82 Å². The molecule has 1 aromatic rings. The molecule has 0 amide bonds. The summed E-state index contributed by atoms with van der Waals surface area (Å²) in [5, 5.41) is 0. The molecule has 0 fully saturated rings. The Morgan fingerprint density at radius 3 is 2.52 bits per heavy atom. The van der Waals surface area contributed by atoms with E-state index in [1.165, 1.54) is 0 Å². The zero-order valence-electron chi connectivity index (χ0n) is 12.6. The number of hydrogen-bond acceptors (Lipinski definition) is 4. The lowest BCUT2D eigenvalue weighted by Crippen LogP contribution is -2.43. The highest BCUT2D eigenvalue weighted by molar-refractivity contribution is 7.89. The lowest BCUT2D eigenvalue weighted by molar-refractivity contribution is 0.0596. The molecule has 1 N–H and O–H groups in total. The molecule has 0 spiro atoms. The van der Waals surface area contributed by atoms with Gasteiger partial charge in [-0.1, -0.05) is 13.3 Å². The number of carbonyl (C=O) groups is 1. The Hall–Kier alpha value is -1.47. The van der Waals surface area contributed by atoms with Crippen LogP contribution in [0.4, 0.5) is 4.39 Å². The fraction of sp³-hybridized carbons (Fsp3) is 0.500. The summed E-state index contributed by atoms with van der Waals surface area (Å²) >= 11 is 0. The zero-order chi connectivity index (χ0) is 16.3. The molecule has 5 nitrogen and oxygen atoms in total. The number of ether oxygens (including phenoxy) is 1. The lowest BCUT2D eigenvalue weighted by Gasteiger charge is -2.25. The van der Waals surface area contributed by atoms with Crippen LogP contribution in [-0.4, -0.2) is 27.0 Å². The Morgan fingerprint density at radius 2 is 2.00 bits per heavy atom. The molecule has 0 atom stereocenters. The third-order valence-corrected chi connectivity index (χ3v) is 4.66. The number of halogens is 1. The highest BCUT2D eigenvalue weighted by Gasteiger charge is 2.29. The molecule has 1 rings (SSSR count). The second-order valence-electron chi connectivity index (χ2n) is 5.37. The van der Waals surface area contributed by atoms with E-state index < -0.39 is 32.2 Å². The first-order valence-electron chi connectivity index (χ1n) is 6.55. The summed E-state index contributed by atoms with van der Waals surface area (Å²) in [6, 6.07) is 2.93. The van der Waals surface area contributed by atoms with Crippen LogP contribution in [0.1, 0.15) is 44.0 Å². The number of methoxy groups -OCH3 is 1. The SMILES string of the molecule is CCCC(C)(C)NS(=O)(=O)c1cc(F)ccc1C(=O)OC. The van der Waals surface area contributed by atoms with Gasteiger partial charge in [0.2, 0.25) is 10.0 Å². The summed E-state index contributed by atoms with van der Waals surface area (Å²) in [4.78, 5) is 11.2. The average molecular weight is 317 g/mol. The zero-order valence-corrected chi connectivity index (χ0v) is 13.4. The van der Waals surface area contributed by atoms with Gasteiger partial charge in [0.25, 0.3) is 0 Å². The van der Waals surface area contributed by atoms with E-state index in [0.717, 1.165) is 31.7 Å². The van der Waals surface area contributed by atoms with Gasteiger partial charge in [0.1, 0.15) is 5.82 Å². The maximum absolute atomic E-state index is 13.4. The molecule has 0 radical (unpaired) electrons. The molecule has 21 heavy (non-hydrogen) atoms. The summed E-state index contributed by atoms with van der Waals surface area (Å²) in [5.41, 5.74) is -0.897. The van der Waals surface area contributed by atoms with Crippen molar-refractivity contribution in [3.05, 3.63) is 29.6 Å². The summed E-state index contributed by atoms with van der Waals surface area (Å²) < 4.78 is 45.3. The highest BCUT2D eigenvalue weighted by atomic mass is 32.2. The minimum atomic E-state index is -4.04. The summed E-state index contributed by atoms with van der Waals surface area (Å²) in [6.45, 7) is 5.38. The molecule has 7 heteroatoms. The van der Waals surface area contributed by atoms with Crippen molar-refractivity contribution in [1.29, 1.82) is 0 Å². The van der Waals surface area contributed by atoms with Gasteiger partial charge in [-0.2, -0.15) is 0 Å². The van der Waals surface area contributed by atoms with E-state index in [-0.39, 0.29) is 5.56 Å². The van der Waals surface area contributed by atoms with Gasteiger partial charge in [-0.15, -0.1) is 0 Å². The fourth-order valence-electron chi connectivity index (χ4n) is 2.09. The first kappa shape index (κ1) is 17.6. The monoisotopic (exact) mass is 317 g/mol. The Kier molecular flexibility index (Phi) is 5.47. The number of sulfonamides is 1. The molecule has 118 valence electrons. The van der Waals surface area contributed by atoms with Crippen LogP contribution in [-0.2, 0) is 14.8 Å². The molecule has 0 aliphatic carbocycles. The minimum Gasteiger partial charge on any atom is -0.465 e. The molecule has 0 aromatic heterocycles. The van der Waals surface area contributed by atoms with Gasteiger partial charge in [-0.05, 0) is 38.5 Å². The van der Waals surface area contributed by atoms with Crippen LogP contribution >= 0.6 is 0 Å². The Balaban J connectivity index is 3.31. The van der Waals surface area contributed by atoms with Crippen molar-refractivity contribution in [2.24, 2.45) is 0 Å². The Bertz CT molecular complexity index is 626. The number of rotatable bonds is 6. The van der Waals surface area contributed by atoms with Gasteiger partial charge in [0.15, 0.2) is 0 Å². The van der Waals surface area contributed by atoms with E-state index in [4.69, 9.17) is 0 Å². The molecule has 1 aromatic carbocycles. The molecule has 0 heterocycles. The number of esters is 1. The first-order chi connectivity index (χ1) is 9.63. The van der Waals surface area contributed by atoms with Gasteiger partial charge in [0.05, 0.1) is 17.6 Å². The number of carbonyl (C=O) groups excluding carboxylic acids is 1. The third kappa shape index (κ3) is 4.50. The predicted molar refractivity (Wildman–Crippen MR) is 77.0 cm³/mol.